The second-order valence-electron chi connectivity index (χ2n) is 17.0. The fourth-order valence-electron chi connectivity index (χ4n) is 11.5. The lowest BCUT2D eigenvalue weighted by Gasteiger charge is -2.33. The maximum Gasteiger partial charge on any atom is 0.165 e. The molecule has 2 unspecified atom stereocenters. The van der Waals surface area contributed by atoms with Crippen molar-refractivity contribution in [3.63, 3.8) is 0 Å². The van der Waals surface area contributed by atoms with Gasteiger partial charge in [0, 0.05) is 28.2 Å². The molecular formula is C58H35N3. The van der Waals surface area contributed by atoms with Gasteiger partial charge in [0.05, 0.1) is 5.41 Å². The largest absolute Gasteiger partial charge is 0.208 e. The molecule has 0 radical (unpaired) electrons. The standard InChI is InChI=1S/C58H35N3/c1-3-15-37-31-39(29-27-34(37)13-1)55-59-56(40-30-28-35-14-2-4-16-38(35)32-40)61-57(60-55)54-52-45-23-12-18-36-17-11-22-43(51(36)45)46(52)33-50-53(54)44-21-7-10-26-49(44)58(50)47-24-8-5-19-41(47)42-20-6-9-25-48(42)58/h1-19,21-33,42H,20H2. The summed E-state index contributed by atoms with van der Waals surface area (Å²) in [6.45, 7) is 0. The van der Waals surface area contributed by atoms with E-state index in [2.05, 4.69) is 194 Å². The summed E-state index contributed by atoms with van der Waals surface area (Å²) in [4.78, 5) is 16.6. The van der Waals surface area contributed by atoms with E-state index in [1.807, 2.05) is 0 Å². The molecule has 0 fully saturated rings. The van der Waals surface area contributed by atoms with Crippen LogP contribution in [-0.4, -0.2) is 15.0 Å². The van der Waals surface area contributed by atoms with Crippen LogP contribution in [0.4, 0.5) is 0 Å². The first-order valence-corrected chi connectivity index (χ1v) is 21.3. The van der Waals surface area contributed by atoms with Gasteiger partial charge in [-0.2, -0.15) is 0 Å². The Kier molecular flexibility index (Phi) is 6.60. The zero-order valence-electron chi connectivity index (χ0n) is 33.1. The van der Waals surface area contributed by atoms with Crippen LogP contribution in [0.5, 0.6) is 0 Å². The first-order chi connectivity index (χ1) is 30.2. The van der Waals surface area contributed by atoms with Gasteiger partial charge in [-0.3, -0.25) is 0 Å². The molecule has 1 spiro atoms. The summed E-state index contributed by atoms with van der Waals surface area (Å²) in [5, 5.41) is 7.20. The van der Waals surface area contributed by atoms with Crippen molar-refractivity contribution in [3.8, 4) is 67.5 Å². The molecule has 2 atom stereocenters. The molecule has 9 aromatic carbocycles. The van der Waals surface area contributed by atoms with Crippen molar-refractivity contribution in [1.82, 2.24) is 15.0 Å². The van der Waals surface area contributed by atoms with Crippen molar-refractivity contribution in [2.45, 2.75) is 17.8 Å². The van der Waals surface area contributed by atoms with Crippen LogP contribution in [0.2, 0.25) is 0 Å². The van der Waals surface area contributed by atoms with Crippen molar-refractivity contribution in [2.24, 2.45) is 0 Å². The van der Waals surface area contributed by atoms with Gasteiger partial charge in [-0.25, -0.2) is 15.0 Å². The van der Waals surface area contributed by atoms with Crippen LogP contribution >= 0.6 is 0 Å². The number of hydrogen-bond donors (Lipinski definition) is 0. The van der Waals surface area contributed by atoms with Gasteiger partial charge in [-0.1, -0.05) is 176 Å². The van der Waals surface area contributed by atoms with Crippen LogP contribution in [0, 0.1) is 0 Å². The zero-order chi connectivity index (χ0) is 39.8. The third-order valence-corrected chi connectivity index (χ3v) is 14.0. The molecule has 0 saturated heterocycles. The maximum absolute atomic E-state index is 5.62. The number of aromatic nitrogens is 3. The molecule has 3 heteroatoms. The molecule has 14 rings (SSSR count). The maximum atomic E-state index is 5.62. The van der Waals surface area contributed by atoms with Gasteiger partial charge in [0.1, 0.15) is 0 Å². The molecule has 4 aliphatic carbocycles. The Balaban J connectivity index is 1.15. The fraction of sp³-hybridized carbons (Fsp3) is 0.0517. The van der Waals surface area contributed by atoms with E-state index in [0.29, 0.717) is 23.4 Å². The highest BCUT2D eigenvalue weighted by molar-refractivity contribution is 6.20. The van der Waals surface area contributed by atoms with Gasteiger partial charge in [0.25, 0.3) is 0 Å². The molecule has 0 N–H and O–H groups in total. The molecule has 0 saturated carbocycles. The van der Waals surface area contributed by atoms with Crippen LogP contribution < -0.4 is 0 Å². The van der Waals surface area contributed by atoms with E-state index in [0.717, 1.165) is 33.9 Å². The van der Waals surface area contributed by atoms with E-state index < -0.39 is 5.41 Å². The first kappa shape index (κ1) is 33.1. The highest BCUT2D eigenvalue weighted by Gasteiger charge is 2.56. The van der Waals surface area contributed by atoms with Gasteiger partial charge < -0.3 is 0 Å². The summed E-state index contributed by atoms with van der Waals surface area (Å²) in [6.07, 6.45) is 8.02. The third kappa shape index (κ3) is 4.40. The van der Waals surface area contributed by atoms with Gasteiger partial charge in [-0.15, -0.1) is 0 Å². The van der Waals surface area contributed by atoms with Gasteiger partial charge in [0.15, 0.2) is 17.5 Å². The second kappa shape index (κ2) is 12.2. The summed E-state index contributed by atoms with van der Waals surface area (Å²) < 4.78 is 0. The topological polar surface area (TPSA) is 38.7 Å². The SMILES string of the molecule is C1=CCC2C(=C1)C1(c3ccccc3-c3c1cc1c(c3-c3nc(-c4ccc5ccccc5c4)nc(-c4ccc5ccccc5c4)n3)-c3cccc4cccc-1c34)c1ccccc12. The summed E-state index contributed by atoms with van der Waals surface area (Å²) in [5.74, 6) is 2.30. The van der Waals surface area contributed by atoms with E-state index in [1.54, 1.807) is 0 Å². The quantitative estimate of drug-likeness (QED) is 0.179. The first-order valence-electron chi connectivity index (χ1n) is 21.3. The lowest BCUT2D eigenvalue weighted by atomic mass is 9.68. The predicted octanol–water partition coefficient (Wildman–Crippen LogP) is 14.3. The molecule has 0 bridgehead atoms. The third-order valence-electron chi connectivity index (χ3n) is 14.0. The Labute approximate surface area is 353 Å². The molecule has 1 aromatic heterocycles. The highest BCUT2D eigenvalue weighted by Crippen LogP contribution is 2.68. The normalized spacial score (nSPS) is 17.4. The highest BCUT2D eigenvalue weighted by atomic mass is 15.0. The number of allylic oxidation sites excluding steroid dienone is 4. The van der Waals surface area contributed by atoms with Crippen LogP contribution in [0.15, 0.2) is 200 Å². The average molecular weight is 774 g/mol. The van der Waals surface area contributed by atoms with Crippen LogP contribution in [0.3, 0.4) is 0 Å². The minimum atomic E-state index is -0.472. The van der Waals surface area contributed by atoms with E-state index >= 15 is 0 Å². The number of nitrogens with zero attached hydrogens (tertiary/aromatic N) is 3. The molecule has 282 valence electrons. The Morgan fingerprint density at radius 2 is 1.00 bits per heavy atom. The summed E-state index contributed by atoms with van der Waals surface area (Å²) in [7, 11) is 0. The van der Waals surface area contributed by atoms with Crippen molar-refractivity contribution >= 4 is 32.3 Å². The fourth-order valence-corrected chi connectivity index (χ4v) is 11.5. The summed E-state index contributed by atoms with van der Waals surface area (Å²) in [5.41, 5.74) is 16.8. The Hall–Kier alpha value is -7.75. The predicted molar refractivity (Wildman–Crippen MR) is 249 cm³/mol. The Morgan fingerprint density at radius 1 is 0.410 bits per heavy atom. The molecule has 1 heterocycles. The molecular weight excluding hydrogens is 739 g/mol. The van der Waals surface area contributed by atoms with Gasteiger partial charge in [-0.05, 0) is 113 Å². The number of fused-ring (bicyclic) bond motifs is 15. The second-order valence-corrected chi connectivity index (χ2v) is 17.0. The monoisotopic (exact) mass is 773 g/mol. The van der Waals surface area contributed by atoms with Gasteiger partial charge >= 0.3 is 0 Å². The van der Waals surface area contributed by atoms with E-state index in [-0.39, 0.29) is 0 Å². The molecule has 3 nitrogen and oxygen atoms in total. The van der Waals surface area contributed by atoms with Crippen molar-refractivity contribution in [1.29, 1.82) is 0 Å². The van der Waals surface area contributed by atoms with Crippen LogP contribution in [0.25, 0.3) is 99.9 Å². The van der Waals surface area contributed by atoms with Gasteiger partial charge in [0.2, 0.25) is 0 Å². The molecule has 61 heavy (non-hydrogen) atoms. The number of rotatable bonds is 3. The molecule has 10 aromatic rings. The van der Waals surface area contributed by atoms with Crippen molar-refractivity contribution in [3.05, 3.63) is 222 Å². The molecule has 4 aliphatic rings. The molecule has 0 aliphatic heterocycles. The summed E-state index contributed by atoms with van der Waals surface area (Å²) in [6, 6.07) is 64.5. The van der Waals surface area contributed by atoms with E-state index in [4.69, 9.17) is 15.0 Å². The van der Waals surface area contributed by atoms with E-state index in [1.165, 1.54) is 82.8 Å². The molecule has 0 amide bonds. The Bertz CT molecular complexity index is 3540. The van der Waals surface area contributed by atoms with Crippen molar-refractivity contribution in [2.75, 3.05) is 0 Å². The number of hydrogen-bond acceptors (Lipinski definition) is 3. The van der Waals surface area contributed by atoms with Crippen LogP contribution in [-0.2, 0) is 5.41 Å². The minimum Gasteiger partial charge on any atom is -0.208 e. The van der Waals surface area contributed by atoms with Crippen LogP contribution in [0.1, 0.15) is 34.6 Å². The van der Waals surface area contributed by atoms with E-state index in [9.17, 15) is 0 Å². The minimum absolute atomic E-state index is 0.300. The smallest absolute Gasteiger partial charge is 0.165 e. The van der Waals surface area contributed by atoms with Crippen molar-refractivity contribution < 1.29 is 0 Å². The lowest BCUT2D eigenvalue weighted by Crippen LogP contribution is -2.27. The lowest BCUT2D eigenvalue weighted by molar-refractivity contribution is 0.708. The Morgan fingerprint density at radius 3 is 1.74 bits per heavy atom. The number of benzene rings is 9. The zero-order valence-corrected chi connectivity index (χ0v) is 33.1. The average Bonchev–Trinajstić information content (AvgIpc) is 3.93. The summed E-state index contributed by atoms with van der Waals surface area (Å²) >= 11 is 0.